The Kier molecular flexibility index (Phi) is 3.19. The fraction of sp³-hybridized carbons (Fsp3) is 0.368. The smallest absolute Gasteiger partial charge is 0.122 e. The summed E-state index contributed by atoms with van der Waals surface area (Å²) >= 11 is 0. The highest BCUT2D eigenvalue weighted by atomic mass is 16.5. The van der Waals surface area contributed by atoms with E-state index in [1.165, 1.54) is 22.3 Å². The lowest BCUT2D eigenvalue weighted by Gasteiger charge is -2.34. The Hall–Kier alpha value is -1.80. The van der Waals surface area contributed by atoms with Crippen LogP contribution < -0.4 is 4.74 Å². The molecule has 0 saturated carbocycles. The topological polar surface area (TPSA) is 29.5 Å². The molecule has 1 aliphatic heterocycles. The summed E-state index contributed by atoms with van der Waals surface area (Å²) in [5, 5.41) is 10.4. The summed E-state index contributed by atoms with van der Waals surface area (Å²) in [4.78, 5) is 0. The molecule has 2 aromatic carbocycles. The van der Waals surface area contributed by atoms with Gasteiger partial charge in [-0.25, -0.2) is 0 Å². The van der Waals surface area contributed by atoms with Crippen LogP contribution in [0.2, 0.25) is 0 Å². The molecule has 21 heavy (non-hydrogen) atoms. The van der Waals surface area contributed by atoms with Crippen molar-refractivity contribution in [3.63, 3.8) is 0 Å². The molecule has 0 fully saturated rings. The highest BCUT2D eigenvalue weighted by molar-refractivity contribution is 5.41. The molecule has 2 nitrogen and oxygen atoms in total. The average Bonchev–Trinajstić information content (AvgIpc) is 2.94. The lowest BCUT2D eigenvalue weighted by Crippen LogP contribution is -2.29. The van der Waals surface area contributed by atoms with Crippen LogP contribution >= 0.6 is 0 Å². The molecule has 0 amide bonds. The van der Waals surface area contributed by atoms with Crippen molar-refractivity contribution >= 4 is 0 Å². The molecule has 0 spiro atoms. The lowest BCUT2D eigenvalue weighted by atomic mass is 9.73. The second-order valence-electron chi connectivity index (χ2n) is 6.16. The summed E-state index contributed by atoms with van der Waals surface area (Å²) in [5.74, 6) is 1.37. The van der Waals surface area contributed by atoms with E-state index in [4.69, 9.17) is 4.74 Å². The largest absolute Gasteiger partial charge is 0.493 e. The summed E-state index contributed by atoms with van der Waals surface area (Å²) in [7, 11) is 0. The van der Waals surface area contributed by atoms with Crippen molar-refractivity contribution in [2.75, 3.05) is 6.61 Å². The van der Waals surface area contributed by atoms with Crippen molar-refractivity contribution in [1.82, 2.24) is 0 Å². The third-order valence-corrected chi connectivity index (χ3v) is 4.84. The molecule has 1 N–H and O–H groups in total. The van der Waals surface area contributed by atoms with Gasteiger partial charge in [0.2, 0.25) is 0 Å². The van der Waals surface area contributed by atoms with E-state index in [0.29, 0.717) is 5.92 Å². The third-order valence-electron chi connectivity index (χ3n) is 4.84. The number of aliphatic hydroxyl groups excluding tert-OH is 1. The summed E-state index contributed by atoms with van der Waals surface area (Å²) < 4.78 is 5.53. The van der Waals surface area contributed by atoms with E-state index in [-0.39, 0.29) is 6.10 Å². The molecule has 4 rings (SSSR count). The third kappa shape index (κ3) is 2.34. The second kappa shape index (κ2) is 5.19. The molecule has 2 heteroatoms. The SMILES string of the molecule is OC(CCc1ccc2c(c1)CCO2)C1Cc2ccccc21. The van der Waals surface area contributed by atoms with E-state index in [1.807, 2.05) is 0 Å². The molecular formula is C19H20O2. The molecule has 0 saturated heterocycles. The number of hydrogen-bond donors (Lipinski definition) is 1. The highest BCUT2D eigenvalue weighted by Gasteiger charge is 2.31. The number of aliphatic hydroxyl groups is 1. The van der Waals surface area contributed by atoms with Crippen LogP contribution in [0.25, 0.3) is 0 Å². The minimum atomic E-state index is -0.232. The summed E-state index contributed by atoms with van der Waals surface area (Å²) in [6.07, 6.45) is 3.58. The zero-order chi connectivity index (χ0) is 14.2. The van der Waals surface area contributed by atoms with Gasteiger partial charge in [-0.15, -0.1) is 0 Å². The number of benzene rings is 2. The number of fused-ring (bicyclic) bond motifs is 2. The molecule has 0 bridgehead atoms. The first kappa shape index (κ1) is 12.9. The van der Waals surface area contributed by atoms with Gasteiger partial charge in [-0.1, -0.05) is 36.4 Å². The first-order valence-corrected chi connectivity index (χ1v) is 7.82. The fourth-order valence-corrected chi connectivity index (χ4v) is 3.55. The Morgan fingerprint density at radius 3 is 2.95 bits per heavy atom. The Bertz CT molecular complexity index is 662. The average molecular weight is 280 g/mol. The Morgan fingerprint density at radius 1 is 1.14 bits per heavy atom. The van der Waals surface area contributed by atoms with E-state index in [9.17, 15) is 5.11 Å². The van der Waals surface area contributed by atoms with Gasteiger partial charge in [0, 0.05) is 12.3 Å². The summed E-state index contributed by atoms with van der Waals surface area (Å²) in [6, 6.07) is 14.9. The van der Waals surface area contributed by atoms with E-state index >= 15 is 0 Å². The van der Waals surface area contributed by atoms with Crippen LogP contribution in [-0.4, -0.2) is 17.8 Å². The zero-order valence-electron chi connectivity index (χ0n) is 12.1. The molecular weight excluding hydrogens is 260 g/mol. The Morgan fingerprint density at radius 2 is 2.05 bits per heavy atom. The molecule has 2 aromatic rings. The summed E-state index contributed by atoms with van der Waals surface area (Å²) in [5.41, 5.74) is 5.37. The van der Waals surface area contributed by atoms with Crippen molar-refractivity contribution in [1.29, 1.82) is 0 Å². The first-order chi connectivity index (χ1) is 10.3. The molecule has 108 valence electrons. The zero-order valence-corrected chi connectivity index (χ0v) is 12.1. The van der Waals surface area contributed by atoms with Crippen molar-refractivity contribution in [3.05, 3.63) is 64.7 Å². The lowest BCUT2D eigenvalue weighted by molar-refractivity contribution is 0.124. The molecule has 0 aromatic heterocycles. The molecule has 1 aliphatic carbocycles. The van der Waals surface area contributed by atoms with Crippen LogP contribution in [0, 0.1) is 0 Å². The Balaban J connectivity index is 1.39. The normalized spacial score (nSPS) is 20.1. The maximum absolute atomic E-state index is 10.4. The van der Waals surface area contributed by atoms with Crippen molar-refractivity contribution in [2.45, 2.75) is 37.7 Å². The van der Waals surface area contributed by atoms with Gasteiger partial charge in [0.25, 0.3) is 0 Å². The number of rotatable bonds is 4. The van der Waals surface area contributed by atoms with E-state index in [2.05, 4.69) is 42.5 Å². The summed E-state index contributed by atoms with van der Waals surface area (Å²) in [6.45, 7) is 0.806. The van der Waals surface area contributed by atoms with Gasteiger partial charge in [0.05, 0.1) is 12.7 Å². The second-order valence-corrected chi connectivity index (χ2v) is 6.16. The fourth-order valence-electron chi connectivity index (χ4n) is 3.55. The Labute approximate surface area is 125 Å². The van der Waals surface area contributed by atoms with Crippen LogP contribution in [-0.2, 0) is 19.3 Å². The van der Waals surface area contributed by atoms with Gasteiger partial charge in [-0.05, 0) is 47.6 Å². The van der Waals surface area contributed by atoms with Crippen LogP contribution in [0.4, 0.5) is 0 Å². The van der Waals surface area contributed by atoms with Crippen molar-refractivity contribution < 1.29 is 9.84 Å². The van der Waals surface area contributed by atoms with Gasteiger partial charge in [-0.2, -0.15) is 0 Å². The van der Waals surface area contributed by atoms with Gasteiger partial charge in [-0.3, -0.25) is 0 Å². The first-order valence-electron chi connectivity index (χ1n) is 7.82. The van der Waals surface area contributed by atoms with Crippen LogP contribution in [0.1, 0.15) is 34.6 Å². The van der Waals surface area contributed by atoms with Crippen LogP contribution in [0.5, 0.6) is 5.75 Å². The van der Waals surface area contributed by atoms with Gasteiger partial charge < -0.3 is 9.84 Å². The maximum Gasteiger partial charge on any atom is 0.122 e. The molecule has 2 aliphatic rings. The van der Waals surface area contributed by atoms with Crippen LogP contribution in [0.15, 0.2) is 42.5 Å². The van der Waals surface area contributed by atoms with Crippen molar-refractivity contribution in [2.24, 2.45) is 0 Å². The number of hydrogen-bond acceptors (Lipinski definition) is 2. The van der Waals surface area contributed by atoms with Crippen LogP contribution in [0.3, 0.4) is 0 Å². The van der Waals surface area contributed by atoms with Gasteiger partial charge in [0.15, 0.2) is 0 Å². The predicted octanol–water partition coefficient (Wildman–Crippen LogP) is 3.25. The van der Waals surface area contributed by atoms with E-state index < -0.39 is 0 Å². The highest BCUT2D eigenvalue weighted by Crippen LogP contribution is 2.38. The quantitative estimate of drug-likeness (QED) is 0.931. The monoisotopic (exact) mass is 280 g/mol. The molecule has 0 radical (unpaired) electrons. The standard InChI is InChI=1S/C19H20O2/c20-18(17-12-14-3-1-2-4-16(14)17)7-5-13-6-8-19-15(11-13)9-10-21-19/h1-4,6,8,11,17-18,20H,5,7,9-10,12H2. The minimum absolute atomic E-state index is 0.232. The predicted molar refractivity (Wildman–Crippen MR) is 82.9 cm³/mol. The molecule has 2 atom stereocenters. The van der Waals surface area contributed by atoms with E-state index in [1.54, 1.807) is 0 Å². The maximum atomic E-state index is 10.4. The number of ether oxygens (including phenoxy) is 1. The minimum Gasteiger partial charge on any atom is -0.493 e. The van der Waals surface area contributed by atoms with Gasteiger partial charge >= 0.3 is 0 Å². The molecule has 1 heterocycles. The van der Waals surface area contributed by atoms with E-state index in [0.717, 1.165) is 38.0 Å². The van der Waals surface area contributed by atoms with Crippen molar-refractivity contribution in [3.8, 4) is 5.75 Å². The van der Waals surface area contributed by atoms with Gasteiger partial charge in [0.1, 0.15) is 5.75 Å². The number of aryl methyl sites for hydroxylation is 1. The molecule has 2 unspecified atom stereocenters.